The monoisotopic (exact) mass is 495 g/mol. The fourth-order valence-corrected chi connectivity index (χ4v) is 3.30. The quantitative estimate of drug-likeness (QED) is 0.335. The van der Waals surface area contributed by atoms with Gasteiger partial charge in [-0.15, -0.1) is 0 Å². The largest absolute Gasteiger partial charge is 0.489 e. The number of esters is 1. The molecule has 1 aromatic heterocycles. The summed E-state index contributed by atoms with van der Waals surface area (Å²) < 4.78 is 45.1. The molecule has 0 unspecified atom stereocenters. The molecule has 0 atom stereocenters. The molecular formula is C26H19F2NO7. The SMILES string of the molecule is O=C(COC(=O)c1oc2ccccc2c1COc1ccccc1)NC(=O)c1ccc(OC(F)F)cc1. The Morgan fingerprint density at radius 2 is 1.56 bits per heavy atom. The Balaban J connectivity index is 1.38. The lowest BCUT2D eigenvalue weighted by Crippen LogP contribution is -2.34. The predicted molar refractivity (Wildman–Crippen MR) is 123 cm³/mol. The normalized spacial score (nSPS) is 10.8. The number of alkyl halides is 2. The van der Waals surface area contributed by atoms with Crippen LogP contribution in [0.4, 0.5) is 8.78 Å². The lowest BCUT2D eigenvalue weighted by atomic mass is 10.1. The Bertz CT molecular complexity index is 1370. The zero-order chi connectivity index (χ0) is 25.5. The summed E-state index contributed by atoms with van der Waals surface area (Å²) >= 11 is 0. The first kappa shape index (κ1) is 24.4. The molecule has 0 aliphatic carbocycles. The number of rotatable bonds is 9. The van der Waals surface area contributed by atoms with E-state index in [9.17, 15) is 23.2 Å². The van der Waals surface area contributed by atoms with Crippen LogP contribution in [0.2, 0.25) is 0 Å². The Hall–Kier alpha value is -4.73. The van der Waals surface area contributed by atoms with Crippen molar-refractivity contribution in [3.63, 3.8) is 0 Å². The highest BCUT2D eigenvalue weighted by Gasteiger charge is 2.23. The maximum absolute atomic E-state index is 12.7. The van der Waals surface area contributed by atoms with Gasteiger partial charge in [-0.3, -0.25) is 14.9 Å². The topological polar surface area (TPSA) is 104 Å². The van der Waals surface area contributed by atoms with Crippen molar-refractivity contribution in [3.05, 3.63) is 95.7 Å². The van der Waals surface area contributed by atoms with Gasteiger partial charge in [0.05, 0.1) is 5.56 Å². The van der Waals surface area contributed by atoms with E-state index in [4.69, 9.17) is 13.9 Å². The molecule has 0 aliphatic heterocycles. The second-order valence-electron chi connectivity index (χ2n) is 7.36. The maximum Gasteiger partial charge on any atom is 0.387 e. The molecule has 4 rings (SSSR count). The summed E-state index contributed by atoms with van der Waals surface area (Å²) in [6.45, 7) is -3.74. The molecule has 8 nitrogen and oxygen atoms in total. The van der Waals surface area contributed by atoms with E-state index in [2.05, 4.69) is 10.1 Å². The molecule has 10 heteroatoms. The Kier molecular flexibility index (Phi) is 7.54. The van der Waals surface area contributed by atoms with E-state index in [0.717, 1.165) is 12.1 Å². The van der Waals surface area contributed by atoms with Crippen molar-refractivity contribution < 1.29 is 41.8 Å². The van der Waals surface area contributed by atoms with Gasteiger partial charge in [-0.2, -0.15) is 8.78 Å². The van der Waals surface area contributed by atoms with Crippen molar-refractivity contribution in [1.82, 2.24) is 5.32 Å². The van der Waals surface area contributed by atoms with E-state index < -0.39 is 31.0 Å². The lowest BCUT2D eigenvalue weighted by molar-refractivity contribution is -0.123. The fourth-order valence-electron chi connectivity index (χ4n) is 3.30. The molecule has 1 heterocycles. The maximum atomic E-state index is 12.7. The number of ether oxygens (including phenoxy) is 3. The number of nitrogens with one attached hydrogen (secondary N) is 1. The molecule has 3 aromatic carbocycles. The van der Waals surface area contributed by atoms with Crippen LogP contribution in [0.3, 0.4) is 0 Å². The number of amides is 2. The van der Waals surface area contributed by atoms with Crippen molar-refractivity contribution in [2.45, 2.75) is 13.2 Å². The van der Waals surface area contributed by atoms with Crippen molar-refractivity contribution in [2.24, 2.45) is 0 Å². The number of hydrogen-bond donors (Lipinski definition) is 1. The summed E-state index contributed by atoms with van der Waals surface area (Å²) in [5, 5.41) is 2.70. The molecule has 0 saturated heterocycles. The van der Waals surface area contributed by atoms with Crippen LogP contribution in [0.25, 0.3) is 11.0 Å². The van der Waals surface area contributed by atoms with Gasteiger partial charge >= 0.3 is 12.6 Å². The minimum absolute atomic E-state index is 0.0153. The molecule has 36 heavy (non-hydrogen) atoms. The van der Waals surface area contributed by atoms with Crippen LogP contribution in [0.15, 0.2) is 83.3 Å². The number of carbonyl (C=O) groups excluding carboxylic acids is 3. The van der Waals surface area contributed by atoms with Crippen LogP contribution in [0.1, 0.15) is 26.5 Å². The minimum atomic E-state index is -3.00. The molecule has 0 saturated carbocycles. The third-order valence-corrected chi connectivity index (χ3v) is 4.94. The number of para-hydroxylation sites is 2. The minimum Gasteiger partial charge on any atom is -0.489 e. The summed E-state index contributed by atoms with van der Waals surface area (Å²) in [6.07, 6.45) is 0. The zero-order valence-electron chi connectivity index (χ0n) is 18.6. The van der Waals surface area contributed by atoms with Crippen molar-refractivity contribution in [2.75, 3.05) is 6.61 Å². The first-order valence-electron chi connectivity index (χ1n) is 10.6. The molecule has 0 radical (unpaired) electrons. The van der Waals surface area contributed by atoms with Crippen LogP contribution in [-0.2, 0) is 16.1 Å². The van der Waals surface area contributed by atoms with Gasteiger partial charge in [-0.05, 0) is 42.5 Å². The molecule has 1 N–H and O–H groups in total. The summed E-state index contributed by atoms with van der Waals surface area (Å²) in [6, 6.07) is 20.7. The number of benzene rings is 3. The highest BCUT2D eigenvalue weighted by molar-refractivity contribution is 6.05. The highest BCUT2D eigenvalue weighted by atomic mass is 19.3. The number of imide groups is 1. The molecule has 0 aliphatic rings. The number of fused-ring (bicyclic) bond motifs is 1. The average Bonchev–Trinajstić information content (AvgIpc) is 3.25. The van der Waals surface area contributed by atoms with E-state index in [0.29, 0.717) is 22.3 Å². The molecular weight excluding hydrogens is 476 g/mol. The number of carbonyl (C=O) groups is 3. The van der Waals surface area contributed by atoms with Crippen molar-refractivity contribution in [3.8, 4) is 11.5 Å². The number of hydrogen-bond acceptors (Lipinski definition) is 7. The van der Waals surface area contributed by atoms with E-state index in [-0.39, 0.29) is 23.7 Å². The summed E-state index contributed by atoms with van der Waals surface area (Å²) in [5.74, 6) is -2.27. The molecule has 0 fully saturated rings. The number of furan rings is 1. The Labute approximate surface area is 203 Å². The van der Waals surface area contributed by atoms with E-state index >= 15 is 0 Å². The van der Waals surface area contributed by atoms with Gasteiger partial charge in [0.2, 0.25) is 5.76 Å². The van der Waals surface area contributed by atoms with Crippen LogP contribution < -0.4 is 14.8 Å². The van der Waals surface area contributed by atoms with Gasteiger partial charge in [0.25, 0.3) is 11.8 Å². The lowest BCUT2D eigenvalue weighted by Gasteiger charge is -2.08. The first-order chi connectivity index (χ1) is 17.4. The van der Waals surface area contributed by atoms with Gasteiger partial charge in [0.1, 0.15) is 23.7 Å². The summed E-state index contributed by atoms with van der Waals surface area (Å²) in [5.41, 5.74) is 0.908. The molecule has 0 spiro atoms. The third-order valence-electron chi connectivity index (χ3n) is 4.94. The van der Waals surface area contributed by atoms with E-state index in [1.807, 2.05) is 18.2 Å². The molecule has 0 bridgehead atoms. The van der Waals surface area contributed by atoms with Gasteiger partial charge < -0.3 is 18.6 Å². The van der Waals surface area contributed by atoms with Crippen LogP contribution in [-0.4, -0.2) is 31.0 Å². The molecule has 4 aromatic rings. The average molecular weight is 495 g/mol. The van der Waals surface area contributed by atoms with E-state index in [1.54, 1.807) is 36.4 Å². The molecule has 184 valence electrons. The highest BCUT2D eigenvalue weighted by Crippen LogP contribution is 2.28. The second-order valence-corrected chi connectivity index (χ2v) is 7.36. The van der Waals surface area contributed by atoms with Crippen LogP contribution >= 0.6 is 0 Å². The van der Waals surface area contributed by atoms with Crippen molar-refractivity contribution >= 4 is 28.8 Å². The summed E-state index contributed by atoms with van der Waals surface area (Å²) in [4.78, 5) is 37.1. The van der Waals surface area contributed by atoms with E-state index in [1.165, 1.54) is 12.1 Å². The second kappa shape index (κ2) is 11.1. The number of halogens is 2. The van der Waals surface area contributed by atoms with Gasteiger partial charge in [-0.25, -0.2) is 4.79 Å². The first-order valence-corrected chi connectivity index (χ1v) is 10.6. The third kappa shape index (κ3) is 6.03. The van der Waals surface area contributed by atoms with Crippen molar-refractivity contribution in [1.29, 1.82) is 0 Å². The Morgan fingerprint density at radius 1 is 0.861 bits per heavy atom. The van der Waals surface area contributed by atoms with Gasteiger partial charge in [-0.1, -0.05) is 36.4 Å². The zero-order valence-corrected chi connectivity index (χ0v) is 18.6. The Morgan fingerprint density at radius 3 is 2.28 bits per heavy atom. The predicted octanol–water partition coefficient (Wildman–Crippen LogP) is 4.73. The van der Waals surface area contributed by atoms with Gasteiger partial charge in [0.15, 0.2) is 6.61 Å². The fraction of sp³-hybridized carbons (Fsp3) is 0.115. The van der Waals surface area contributed by atoms with Crippen LogP contribution in [0, 0.1) is 0 Å². The molecule has 2 amide bonds. The smallest absolute Gasteiger partial charge is 0.387 e. The van der Waals surface area contributed by atoms with Gasteiger partial charge in [0, 0.05) is 10.9 Å². The van der Waals surface area contributed by atoms with Crippen LogP contribution in [0.5, 0.6) is 11.5 Å². The summed E-state index contributed by atoms with van der Waals surface area (Å²) in [7, 11) is 0. The standard InChI is InChI=1S/C26H19F2NO7/c27-26(28)35-18-12-10-16(11-13-18)24(31)29-22(30)15-34-25(32)23-20(14-33-17-6-2-1-3-7-17)19-8-4-5-9-21(19)36-23/h1-13,26H,14-15H2,(H,29,30,31).